The maximum atomic E-state index is 5.29. The molecule has 0 saturated heterocycles. The predicted octanol–water partition coefficient (Wildman–Crippen LogP) is 4.00. The number of anilines is 1. The maximum absolute atomic E-state index is 5.29. The molecule has 2 aromatic carbocycles. The molecule has 7 nitrogen and oxygen atoms in total. The van der Waals surface area contributed by atoms with Crippen molar-refractivity contribution in [3.8, 4) is 5.75 Å². The van der Waals surface area contributed by atoms with Crippen molar-refractivity contribution in [2.75, 3.05) is 19.5 Å². The number of nitrogens with zero attached hydrogens (tertiary/aromatic N) is 2. The lowest BCUT2D eigenvalue weighted by molar-refractivity contribution is 0.415. The number of benzene rings is 2. The van der Waals surface area contributed by atoms with E-state index in [-0.39, 0.29) is 0 Å². The molecule has 0 radical (unpaired) electrons. The number of rotatable bonds is 7. The molecule has 162 valence electrons. The first-order valence-corrected chi connectivity index (χ1v) is 10.3. The van der Waals surface area contributed by atoms with Crippen molar-refractivity contribution in [1.82, 2.24) is 16.2 Å². The van der Waals surface area contributed by atoms with Crippen molar-refractivity contribution in [2.45, 2.75) is 13.8 Å². The standard InChI is InChI=1S/C22H26N6OS2/c1-15(25-27-21(30)23-3)16(2)26-28-22(31)24-19-11-7-17(8-12-19)5-6-18-9-13-20(29-4)14-10-18/h5-14H,1-4H3,(H2,23,27,30)(H2,24,28,31)/b6-5+,25-15?,26-16?. The van der Waals surface area contributed by atoms with E-state index < -0.39 is 0 Å². The van der Waals surface area contributed by atoms with E-state index in [1.54, 1.807) is 14.2 Å². The summed E-state index contributed by atoms with van der Waals surface area (Å²) < 4.78 is 5.17. The first-order chi connectivity index (χ1) is 14.9. The lowest BCUT2D eigenvalue weighted by Gasteiger charge is -2.08. The van der Waals surface area contributed by atoms with Gasteiger partial charge in [-0.15, -0.1) is 0 Å². The third-order valence-electron chi connectivity index (χ3n) is 4.15. The Morgan fingerprint density at radius 1 is 0.806 bits per heavy atom. The average molecular weight is 455 g/mol. The Morgan fingerprint density at radius 3 is 1.77 bits per heavy atom. The first kappa shape index (κ1) is 24.0. The molecule has 0 amide bonds. The van der Waals surface area contributed by atoms with Crippen LogP contribution in [0.25, 0.3) is 12.2 Å². The van der Waals surface area contributed by atoms with Crippen LogP contribution in [0, 0.1) is 0 Å². The Bertz CT molecular complexity index is 982. The molecule has 0 unspecified atom stereocenters. The van der Waals surface area contributed by atoms with Crippen LogP contribution < -0.4 is 26.2 Å². The number of hydrogen-bond acceptors (Lipinski definition) is 5. The summed E-state index contributed by atoms with van der Waals surface area (Å²) >= 11 is 10.3. The van der Waals surface area contributed by atoms with E-state index in [1.165, 1.54) is 0 Å². The van der Waals surface area contributed by atoms with E-state index in [0.29, 0.717) is 21.6 Å². The molecule has 0 aromatic heterocycles. The quantitative estimate of drug-likeness (QED) is 0.218. The van der Waals surface area contributed by atoms with E-state index in [1.807, 2.05) is 74.5 Å². The van der Waals surface area contributed by atoms with Crippen molar-refractivity contribution in [3.63, 3.8) is 0 Å². The Hall–Kier alpha value is -3.30. The van der Waals surface area contributed by atoms with Gasteiger partial charge in [0.05, 0.1) is 18.5 Å². The van der Waals surface area contributed by atoms with Crippen LogP contribution in [-0.4, -0.2) is 35.8 Å². The van der Waals surface area contributed by atoms with Gasteiger partial charge >= 0.3 is 0 Å². The topological polar surface area (TPSA) is 82.1 Å². The summed E-state index contributed by atoms with van der Waals surface area (Å²) in [5, 5.41) is 15.0. The Morgan fingerprint density at radius 2 is 1.29 bits per heavy atom. The molecule has 2 aromatic rings. The highest BCUT2D eigenvalue weighted by atomic mass is 32.1. The van der Waals surface area contributed by atoms with E-state index in [0.717, 1.165) is 22.6 Å². The minimum atomic E-state index is 0.382. The molecular weight excluding hydrogens is 428 g/mol. The minimum absolute atomic E-state index is 0.382. The SMILES string of the molecule is CNC(=S)NN=C(C)C(C)=NNC(=S)Nc1ccc(/C=C/c2ccc(OC)cc2)cc1. The second kappa shape index (κ2) is 12.4. The highest BCUT2D eigenvalue weighted by Crippen LogP contribution is 2.15. The smallest absolute Gasteiger partial charge is 0.191 e. The van der Waals surface area contributed by atoms with Crippen molar-refractivity contribution in [2.24, 2.45) is 10.2 Å². The molecule has 31 heavy (non-hydrogen) atoms. The molecule has 0 aliphatic heterocycles. The summed E-state index contributed by atoms with van der Waals surface area (Å²) in [7, 11) is 3.38. The van der Waals surface area contributed by atoms with Crippen molar-refractivity contribution in [3.05, 3.63) is 59.7 Å². The zero-order valence-corrected chi connectivity index (χ0v) is 19.5. The fourth-order valence-electron chi connectivity index (χ4n) is 2.23. The van der Waals surface area contributed by atoms with Gasteiger partial charge in [-0.2, -0.15) is 10.2 Å². The Labute approximate surface area is 193 Å². The number of thiocarbonyl (C=S) groups is 2. The van der Waals surface area contributed by atoms with Gasteiger partial charge in [-0.1, -0.05) is 36.4 Å². The van der Waals surface area contributed by atoms with Gasteiger partial charge in [-0.3, -0.25) is 10.9 Å². The summed E-state index contributed by atoms with van der Waals surface area (Å²) in [4.78, 5) is 0. The van der Waals surface area contributed by atoms with Gasteiger partial charge in [-0.05, 0) is 73.7 Å². The van der Waals surface area contributed by atoms with E-state index in [4.69, 9.17) is 29.2 Å². The molecule has 0 aliphatic rings. The normalized spacial score (nSPS) is 11.7. The second-order valence-corrected chi connectivity index (χ2v) is 7.20. The van der Waals surface area contributed by atoms with E-state index in [2.05, 4.69) is 31.7 Å². The minimum Gasteiger partial charge on any atom is -0.497 e. The third-order valence-corrected chi connectivity index (χ3v) is 4.64. The van der Waals surface area contributed by atoms with Crippen LogP contribution in [-0.2, 0) is 0 Å². The van der Waals surface area contributed by atoms with Gasteiger partial charge in [0.2, 0.25) is 0 Å². The van der Waals surface area contributed by atoms with Gasteiger partial charge in [0, 0.05) is 12.7 Å². The first-order valence-electron chi connectivity index (χ1n) is 9.47. The van der Waals surface area contributed by atoms with Crippen LogP contribution in [0.3, 0.4) is 0 Å². The zero-order chi connectivity index (χ0) is 22.6. The van der Waals surface area contributed by atoms with Gasteiger partial charge in [-0.25, -0.2) is 0 Å². The van der Waals surface area contributed by atoms with Crippen molar-refractivity contribution in [1.29, 1.82) is 0 Å². The largest absolute Gasteiger partial charge is 0.497 e. The number of hydrazone groups is 2. The van der Waals surface area contributed by atoms with Gasteiger partial charge < -0.3 is 15.4 Å². The lowest BCUT2D eigenvalue weighted by Crippen LogP contribution is -2.30. The van der Waals surface area contributed by atoms with Crippen LogP contribution in [0.2, 0.25) is 0 Å². The van der Waals surface area contributed by atoms with Crippen LogP contribution in [0.1, 0.15) is 25.0 Å². The average Bonchev–Trinajstić information content (AvgIpc) is 2.80. The summed E-state index contributed by atoms with van der Waals surface area (Å²) in [6.07, 6.45) is 4.10. The fourth-order valence-corrected chi connectivity index (χ4v) is 2.44. The number of nitrogens with one attached hydrogen (secondary N) is 4. The molecule has 0 atom stereocenters. The van der Waals surface area contributed by atoms with E-state index >= 15 is 0 Å². The molecule has 0 heterocycles. The Balaban J connectivity index is 1.88. The van der Waals surface area contributed by atoms with Crippen molar-refractivity contribution >= 4 is 63.9 Å². The molecule has 0 aliphatic carbocycles. The summed E-state index contributed by atoms with van der Waals surface area (Å²) in [5.74, 6) is 0.841. The summed E-state index contributed by atoms with van der Waals surface area (Å²) in [6.45, 7) is 3.64. The molecule has 0 saturated carbocycles. The molecule has 0 bridgehead atoms. The zero-order valence-electron chi connectivity index (χ0n) is 17.9. The van der Waals surface area contributed by atoms with Crippen molar-refractivity contribution < 1.29 is 4.74 Å². The molecule has 0 spiro atoms. The predicted molar refractivity (Wildman–Crippen MR) is 139 cm³/mol. The molecule has 2 rings (SSSR count). The van der Waals surface area contributed by atoms with Gasteiger partial charge in [0.1, 0.15) is 5.75 Å². The fraction of sp³-hybridized carbons (Fsp3) is 0.182. The van der Waals surface area contributed by atoms with Crippen LogP contribution >= 0.6 is 24.4 Å². The monoisotopic (exact) mass is 454 g/mol. The maximum Gasteiger partial charge on any atom is 0.191 e. The summed E-state index contributed by atoms with van der Waals surface area (Å²) in [5.41, 5.74) is 9.92. The highest BCUT2D eigenvalue weighted by Gasteiger charge is 2.00. The third kappa shape index (κ3) is 8.53. The highest BCUT2D eigenvalue weighted by molar-refractivity contribution is 7.80. The number of ether oxygens (including phenoxy) is 1. The van der Waals surface area contributed by atoms with Crippen LogP contribution in [0.4, 0.5) is 5.69 Å². The van der Waals surface area contributed by atoms with Crippen LogP contribution in [0.5, 0.6) is 5.75 Å². The molecule has 4 N–H and O–H groups in total. The molecular formula is C22H26N6OS2. The molecule has 0 fully saturated rings. The van der Waals surface area contributed by atoms with Crippen LogP contribution in [0.15, 0.2) is 58.7 Å². The van der Waals surface area contributed by atoms with Gasteiger partial charge in [0.25, 0.3) is 0 Å². The lowest BCUT2D eigenvalue weighted by atomic mass is 10.1. The summed E-state index contributed by atoms with van der Waals surface area (Å²) in [6, 6.07) is 15.8. The Kier molecular flexibility index (Phi) is 9.60. The van der Waals surface area contributed by atoms with E-state index in [9.17, 15) is 0 Å². The molecule has 9 heteroatoms. The number of methoxy groups -OCH3 is 1. The second-order valence-electron chi connectivity index (χ2n) is 6.38. The number of hydrogen-bond donors (Lipinski definition) is 4. The van der Waals surface area contributed by atoms with Gasteiger partial charge in [0.15, 0.2) is 10.2 Å².